The van der Waals surface area contributed by atoms with E-state index in [0.29, 0.717) is 11.7 Å². The van der Waals surface area contributed by atoms with Gasteiger partial charge in [-0.1, -0.05) is 0 Å². The van der Waals surface area contributed by atoms with Gasteiger partial charge >= 0.3 is 0 Å². The van der Waals surface area contributed by atoms with E-state index in [1.807, 2.05) is 10.6 Å². The number of imidazole rings is 1. The van der Waals surface area contributed by atoms with Crippen LogP contribution < -0.4 is 16.0 Å². The Morgan fingerprint density at radius 2 is 2.24 bits per heavy atom. The number of hydrogen-bond acceptors (Lipinski definition) is 5. The average Bonchev–Trinajstić information content (AvgIpc) is 2.98. The molecule has 6 nitrogen and oxygen atoms in total. The minimum atomic E-state index is 0.260. The molecule has 1 aliphatic carbocycles. The Kier molecular flexibility index (Phi) is 2.56. The molecule has 0 saturated heterocycles. The Morgan fingerprint density at radius 3 is 3.00 bits per heavy atom. The molecule has 1 fully saturated rings. The lowest BCUT2D eigenvalue weighted by Crippen LogP contribution is -2.15. The monoisotopic (exact) mass is 233 g/mol. The topological polar surface area (TPSA) is 77.5 Å². The number of hydrazine groups is 1. The Labute approximate surface area is 98.8 Å². The molecular formula is C11H15N5O. The summed E-state index contributed by atoms with van der Waals surface area (Å²) < 4.78 is 7.75. The summed E-state index contributed by atoms with van der Waals surface area (Å²) in [5, 5.41) is 0. The Balaban J connectivity index is 1.97. The van der Waals surface area contributed by atoms with Crippen LogP contribution in [0.1, 0.15) is 25.7 Å². The van der Waals surface area contributed by atoms with E-state index in [1.165, 1.54) is 12.8 Å². The van der Waals surface area contributed by atoms with Gasteiger partial charge < -0.3 is 10.2 Å². The van der Waals surface area contributed by atoms with Crippen molar-refractivity contribution in [3.63, 3.8) is 0 Å². The Bertz CT molecular complexity index is 518. The maximum Gasteiger partial charge on any atom is 0.260 e. The second-order valence-corrected chi connectivity index (χ2v) is 4.26. The van der Waals surface area contributed by atoms with Crippen LogP contribution >= 0.6 is 0 Å². The average molecular weight is 233 g/mol. The van der Waals surface area contributed by atoms with E-state index >= 15 is 0 Å². The highest BCUT2D eigenvalue weighted by atomic mass is 16.5. The van der Waals surface area contributed by atoms with Crippen molar-refractivity contribution in [1.29, 1.82) is 0 Å². The standard InChI is InChI=1S/C11H15N5O/c12-15-9-7-16-6-5-13-10(16)11(14-9)17-8-3-1-2-4-8/h5-8,15H,1-4,12H2. The van der Waals surface area contributed by atoms with Crippen LogP contribution in [0.4, 0.5) is 5.82 Å². The zero-order valence-corrected chi connectivity index (χ0v) is 9.47. The lowest BCUT2D eigenvalue weighted by atomic mass is 10.3. The molecule has 3 N–H and O–H groups in total. The molecule has 0 aliphatic heterocycles. The second kappa shape index (κ2) is 4.21. The Hall–Kier alpha value is -1.82. The normalized spacial score (nSPS) is 16.5. The minimum Gasteiger partial charge on any atom is -0.472 e. The third-order valence-electron chi connectivity index (χ3n) is 3.07. The van der Waals surface area contributed by atoms with Crippen LogP contribution in [-0.4, -0.2) is 20.5 Å². The Morgan fingerprint density at radius 1 is 1.41 bits per heavy atom. The minimum absolute atomic E-state index is 0.260. The first-order valence-corrected chi connectivity index (χ1v) is 5.84. The van der Waals surface area contributed by atoms with Gasteiger partial charge in [0.25, 0.3) is 5.88 Å². The van der Waals surface area contributed by atoms with Crippen molar-refractivity contribution in [2.45, 2.75) is 31.8 Å². The summed E-state index contributed by atoms with van der Waals surface area (Å²) in [5.41, 5.74) is 3.27. The van der Waals surface area contributed by atoms with Gasteiger partial charge in [-0.15, -0.1) is 0 Å². The number of aromatic nitrogens is 3. The summed E-state index contributed by atoms with van der Waals surface area (Å²) in [6.45, 7) is 0. The van der Waals surface area contributed by atoms with Crippen molar-refractivity contribution in [3.8, 4) is 5.88 Å². The van der Waals surface area contributed by atoms with Crippen LogP contribution in [0.3, 0.4) is 0 Å². The second-order valence-electron chi connectivity index (χ2n) is 4.26. The van der Waals surface area contributed by atoms with E-state index in [-0.39, 0.29) is 6.10 Å². The van der Waals surface area contributed by atoms with Crippen molar-refractivity contribution in [2.75, 3.05) is 5.43 Å². The molecule has 0 unspecified atom stereocenters. The molecule has 0 radical (unpaired) electrons. The maximum atomic E-state index is 5.90. The molecular weight excluding hydrogens is 218 g/mol. The number of nitrogens with two attached hydrogens (primary N) is 1. The largest absolute Gasteiger partial charge is 0.472 e. The first kappa shape index (κ1) is 10.3. The summed E-state index contributed by atoms with van der Waals surface area (Å²) in [7, 11) is 0. The molecule has 3 rings (SSSR count). The molecule has 2 aromatic heterocycles. The predicted octanol–water partition coefficient (Wildman–Crippen LogP) is 1.34. The van der Waals surface area contributed by atoms with Gasteiger partial charge in [0, 0.05) is 12.4 Å². The van der Waals surface area contributed by atoms with Gasteiger partial charge in [0.05, 0.1) is 6.20 Å². The number of rotatable bonds is 3. The first-order valence-electron chi connectivity index (χ1n) is 5.84. The lowest BCUT2D eigenvalue weighted by Gasteiger charge is -2.13. The van der Waals surface area contributed by atoms with Crippen molar-refractivity contribution < 1.29 is 4.74 Å². The van der Waals surface area contributed by atoms with Gasteiger partial charge in [0.2, 0.25) is 5.65 Å². The van der Waals surface area contributed by atoms with Crippen LogP contribution in [0.2, 0.25) is 0 Å². The number of nitrogen functional groups attached to an aromatic ring is 1. The summed E-state index contributed by atoms with van der Waals surface area (Å²) in [6.07, 6.45) is 10.2. The molecule has 1 saturated carbocycles. The van der Waals surface area contributed by atoms with E-state index in [1.54, 1.807) is 12.4 Å². The van der Waals surface area contributed by atoms with E-state index in [4.69, 9.17) is 10.6 Å². The van der Waals surface area contributed by atoms with E-state index < -0.39 is 0 Å². The van der Waals surface area contributed by atoms with Gasteiger partial charge in [-0.05, 0) is 25.7 Å². The highest BCUT2D eigenvalue weighted by molar-refractivity contribution is 5.53. The van der Waals surface area contributed by atoms with Crippen molar-refractivity contribution >= 4 is 11.5 Å². The number of fused-ring (bicyclic) bond motifs is 1. The van der Waals surface area contributed by atoms with Gasteiger partial charge in [-0.25, -0.2) is 10.8 Å². The van der Waals surface area contributed by atoms with Gasteiger partial charge in [0.15, 0.2) is 5.82 Å². The molecule has 0 spiro atoms. The molecule has 90 valence electrons. The van der Waals surface area contributed by atoms with Crippen LogP contribution in [0, 0.1) is 0 Å². The zero-order chi connectivity index (χ0) is 11.7. The van der Waals surface area contributed by atoms with Gasteiger partial charge in [-0.3, -0.25) is 4.40 Å². The fourth-order valence-electron chi connectivity index (χ4n) is 2.22. The first-order chi connectivity index (χ1) is 8.36. The van der Waals surface area contributed by atoms with Crippen LogP contribution in [0.15, 0.2) is 18.6 Å². The third-order valence-corrected chi connectivity index (χ3v) is 3.07. The van der Waals surface area contributed by atoms with Crippen molar-refractivity contribution in [2.24, 2.45) is 5.84 Å². The smallest absolute Gasteiger partial charge is 0.260 e. The van der Waals surface area contributed by atoms with E-state index in [2.05, 4.69) is 15.4 Å². The number of anilines is 1. The van der Waals surface area contributed by atoms with Crippen molar-refractivity contribution in [3.05, 3.63) is 18.6 Å². The van der Waals surface area contributed by atoms with E-state index in [9.17, 15) is 0 Å². The molecule has 2 heterocycles. The molecule has 0 aromatic carbocycles. The number of nitrogens with zero attached hydrogens (tertiary/aromatic N) is 3. The summed E-state index contributed by atoms with van der Waals surface area (Å²) in [6, 6.07) is 0. The SMILES string of the molecule is NNc1cn2ccnc2c(OC2CCCC2)n1. The number of nitrogens with one attached hydrogen (secondary N) is 1. The molecule has 0 atom stereocenters. The number of ether oxygens (including phenoxy) is 1. The molecule has 0 amide bonds. The van der Waals surface area contributed by atoms with Crippen LogP contribution in [0.25, 0.3) is 5.65 Å². The molecule has 2 aromatic rings. The molecule has 1 aliphatic rings. The molecule has 0 bridgehead atoms. The quantitative estimate of drug-likeness (QED) is 0.618. The summed E-state index contributed by atoms with van der Waals surface area (Å²) >= 11 is 0. The third kappa shape index (κ3) is 1.91. The zero-order valence-electron chi connectivity index (χ0n) is 9.47. The van der Waals surface area contributed by atoms with Crippen LogP contribution in [-0.2, 0) is 0 Å². The van der Waals surface area contributed by atoms with Crippen LogP contribution in [0.5, 0.6) is 5.88 Å². The lowest BCUT2D eigenvalue weighted by molar-refractivity contribution is 0.203. The van der Waals surface area contributed by atoms with Crippen molar-refractivity contribution in [1.82, 2.24) is 14.4 Å². The molecule has 17 heavy (non-hydrogen) atoms. The number of hydrogen-bond donors (Lipinski definition) is 2. The summed E-state index contributed by atoms with van der Waals surface area (Å²) in [4.78, 5) is 8.56. The fourth-order valence-corrected chi connectivity index (χ4v) is 2.22. The summed E-state index contributed by atoms with van der Waals surface area (Å²) in [5.74, 6) is 6.51. The highest BCUT2D eigenvalue weighted by Gasteiger charge is 2.19. The highest BCUT2D eigenvalue weighted by Crippen LogP contribution is 2.26. The maximum absolute atomic E-state index is 5.90. The predicted molar refractivity (Wildman–Crippen MR) is 63.7 cm³/mol. The fraction of sp³-hybridized carbons (Fsp3) is 0.455. The van der Waals surface area contributed by atoms with E-state index in [0.717, 1.165) is 18.5 Å². The molecule has 6 heteroatoms. The van der Waals surface area contributed by atoms with Gasteiger partial charge in [-0.2, -0.15) is 4.98 Å². The van der Waals surface area contributed by atoms with Gasteiger partial charge in [0.1, 0.15) is 6.10 Å².